The molecule has 3 atom stereocenters. The highest BCUT2D eigenvalue weighted by atomic mass is 32.2. The highest BCUT2D eigenvalue weighted by Gasteiger charge is 2.54. The quantitative estimate of drug-likeness (QED) is 0.388. The number of carbonyl (C=O) groups excluding carboxylic acids is 1. The standard InChI is InChI=1S/C31H38FN7O2S/c1-20(2)25(19-33)31(30(34)40)13-5-4-7-24(31)28-27(21(3)39(37-28)29-26(32)8-6-14-36-29)22-9-11-23(12-10-22)38-15-17-42(35,41)18-16-38/h6,8-12,14,20,24-25,35H,4-5,7,13,15-18H2,1-3H3,(H2,34,40)/t24?,25-,31?/m0/s1. The number of carbonyl (C=O) groups is 1. The van der Waals surface area contributed by atoms with E-state index in [2.05, 4.69) is 16.0 Å². The van der Waals surface area contributed by atoms with E-state index in [1.54, 1.807) is 0 Å². The molecule has 222 valence electrons. The van der Waals surface area contributed by atoms with Gasteiger partial charge in [-0.2, -0.15) is 10.4 Å². The fraction of sp³-hybridized carbons (Fsp3) is 0.484. The number of nitriles is 1. The molecular formula is C31H38FN7O2S. The van der Waals surface area contributed by atoms with Gasteiger partial charge in [-0.1, -0.05) is 38.8 Å². The SMILES string of the molecule is Cc1c(-c2ccc(N3CCS(=N)(=O)CC3)cc2)c(C2CCCCC2(C(N)=O)[C@@H](C#N)C(C)C)nn1-c1ncccc1F. The zero-order chi connectivity index (χ0) is 30.2. The predicted octanol–water partition coefficient (Wildman–Crippen LogP) is 5.17. The Hall–Kier alpha value is -3.78. The summed E-state index contributed by atoms with van der Waals surface area (Å²) in [5, 5.41) is 15.3. The van der Waals surface area contributed by atoms with Gasteiger partial charge in [-0.3, -0.25) is 9.57 Å². The molecule has 0 bridgehead atoms. The number of primary amides is 1. The summed E-state index contributed by atoms with van der Waals surface area (Å²) >= 11 is 0. The number of benzene rings is 1. The number of amides is 1. The lowest BCUT2D eigenvalue weighted by Gasteiger charge is -2.45. The van der Waals surface area contributed by atoms with Gasteiger partial charge in [0.1, 0.15) is 0 Å². The minimum atomic E-state index is -2.51. The molecule has 3 aromatic rings. The Balaban J connectivity index is 1.68. The summed E-state index contributed by atoms with van der Waals surface area (Å²) in [5.74, 6) is -1.43. The molecule has 0 radical (unpaired) electrons. The summed E-state index contributed by atoms with van der Waals surface area (Å²) in [7, 11) is -2.51. The van der Waals surface area contributed by atoms with Gasteiger partial charge in [0, 0.05) is 57.7 Å². The molecule has 2 unspecified atom stereocenters. The fourth-order valence-electron chi connectivity index (χ4n) is 6.95. The molecule has 42 heavy (non-hydrogen) atoms. The maximum Gasteiger partial charge on any atom is 0.225 e. The lowest BCUT2D eigenvalue weighted by atomic mass is 9.55. The van der Waals surface area contributed by atoms with Crippen molar-refractivity contribution in [2.24, 2.45) is 23.0 Å². The van der Waals surface area contributed by atoms with E-state index < -0.39 is 38.7 Å². The zero-order valence-corrected chi connectivity index (χ0v) is 25.2. The van der Waals surface area contributed by atoms with Crippen molar-refractivity contribution in [1.82, 2.24) is 14.8 Å². The number of anilines is 1. The van der Waals surface area contributed by atoms with Crippen LogP contribution < -0.4 is 10.6 Å². The lowest BCUT2D eigenvalue weighted by Crippen LogP contribution is -2.50. The normalized spacial score (nSPS) is 23.0. The van der Waals surface area contributed by atoms with E-state index in [1.807, 2.05) is 45.0 Å². The van der Waals surface area contributed by atoms with Gasteiger partial charge in [0.05, 0.1) is 28.8 Å². The molecular weight excluding hydrogens is 553 g/mol. The zero-order valence-electron chi connectivity index (χ0n) is 24.3. The summed E-state index contributed by atoms with van der Waals surface area (Å²) in [5.41, 5.74) is 8.95. The maximum atomic E-state index is 15.0. The summed E-state index contributed by atoms with van der Waals surface area (Å²) in [6, 6.07) is 13.2. The molecule has 2 fully saturated rings. The van der Waals surface area contributed by atoms with Crippen LogP contribution in [0.4, 0.5) is 10.1 Å². The van der Waals surface area contributed by atoms with Crippen LogP contribution in [0.15, 0.2) is 42.6 Å². The molecule has 1 saturated heterocycles. The van der Waals surface area contributed by atoms with Gasteiger partial charge in [0.15, 0.2) is 11.6 Å². The van der Waals surface area contributed by atoms with Crippen LogP contribution in [0, 0.1) is 46.1 Å². The van der Waals surface area contributed by atoms with E-state index in [1.165, 1.54) is 23.0 Å². The Morgan fingerprint density at radius 3 is 2.50 bits per heavy atom. The molecule has 3 N–H and O–H groups in total. The van der Waals surface area contributed by atoms with E-state index in [0.29, 0.717) is 48.8 Å². The Morgan fingerprint density at radius 1 is 1.21 bits per heavy atom. The number of nitrogens with two attached hydrogens (primary N) is 1. The molecule has 3 heterocycles. The Labute approximate surface area is 246 Å². The van der Waals surface area contributed by atoms with E-state index in [4.69, 9.17) is 15.6 Å². The van der Waals surface area contributed by atoms with E-state index in [9.17, 15) is 14.3 Å². The average Bonchev–Trinajstić information content (AvgIpc) is 3.30. The van der Waals surface area contributed by atoms with Gasteiger partial charge in [-0.05, 0) is 55.5 Å². The first-order valence-electron chi connectivity index (χ1n) is 14.5. The third-order valence-electron chi connectivity index (χ3n) is 9.09. The smallest absolute Gasteiger partial charge is 0.225 e. The highest BCUT2D eigenvalue weighted by Crippen LogP contribution is 2.55. The van der Waals surface area contributed by atoms with Gasteiger partial charge >= 0.3 is 0 Å². The maximum absolute atomic E-state index is 15.0. The number of hydrogen-bond donors (Lipinski definition) is 2. The molecule has 1 aliphatic carbocycles. The molecule has 1 aliphatic heterocycles. The number of rotatable bonds is 7. The van der Waals surface area contributed by atoms with Crippen molar-refractivity contribution in [3.63, 3.8) is 0 Å². The average molecular weight is 592 g/mol. The van der Waals surface area contributed by atoms with Gasteiger partial charge in [-0.15, -0.1) is 0 Å². The number of halogens is 1. The molecule has 2 aliphatic rings. The van der Waals surface area contributed by atoms with Crippen molar-refractivity contribution >= 4 is 21.3 Å². The second kappa shape index (κ2) is 11.5. The van der Waals surface area contributed by atoms with Crippen molar-refractivity contribution < 1.29 is 13.4 Å². The van der Waals surface area contributed by atoms with Crippen molar-refractivity contribution in [1.29, 1.82) is 10.0 Å². The lowest BCUT2D eigenvalue weighted by molar-refractivity contribution is -0.134. The molecule has 11 heteroatoms. The van der Waals surface area contributed by atoms with E-state index >= 15 is 4.39 Å². The second-order valence-corrected chi connectivity index (χ2v) is 14.3. The van der Waals surface area contributed by atoms with Crippen molar-refractivity contribution in [3.05, 3.63) is 59.8 Å². The van der Waals surface area contributed by atoms with Crippen LogP contribution in [0.3, 0.4) is 0 Å². The van der Waals surface area contributed by atoms with Gasteiger partial charge in [0.2, 0.25) is 5.91 Å². The third kappa shape index (κ3) is 5.17. The van der Waals surface area contributed by atoms with E-state index in [-0.39, 0.29) is 11.7 Å². The van der Waals surface area contributed by atoms with Crippen LogP contribution in [-0.4, -0.2) is 49.5 Å². The van der Waals surface area contributed by atoms with Crippen LogP contribution >= 0.6 is 0 Å². The number of nitrogens with one attached hydrogen (secondary N) is 1. The Morgan fingerprint density at radius 2 is 1.90 bits per heavy atom. The molecule has 1 amide bonds. The number of nitrogens with zero attached hydrogens (tertiary/aromatic N) is 5. The van der Waals surface area contributed by atoms with Crippen LogP contribution in [0.5, 0.6) is 0 Å². The third-order valence-corrected chi connectivity index (χ3v) is 10.8. The first kappa shape index (κ1) is 29.7. The first-order chi connectivity index (χ1) is 20.0. The summed E-state index contributed by atoms with van der Waals surface area (Å²) in [6.07, 6.45) is 4.26. The highest BCUT2D eigenvalue weighted by molar-refractivity contribution is 7.92. The minimum Gasteiger partial charge on any atom is -0.370 e. The van der Waals surface area contributed by atoms with Crippen molar-refractivity contribution in [2.45, 2.75) is 52.4 Å². The molecule has 2 aromatic heterocycles. The van der Waals surface area contributed by atoms with Crippen LogP contribution in [0.2, 0.25) is 0 Å². The monoisotopic (exact) mass is 591 g/mol. The molecule has 0 spiro atoms. The number of aromatic nitrogens is 3. The van der Waals surface area contributed by atoms with Crippen LogP contribution in [0.25, 0.3) is 16.9 Å². The van der Waals surface area contributed by atoms with Crippen LogP contribution in [0.1, 0.15) is 56.8 Å². The topological polar surface area (TPSA) is 142 Å². The van der Waals surface area contributed by atoms with Gasteiger partial charge in [0.25, 0.3) is 0 Å². The first-order valence-corrected chi connectivity index (χ1v) is 16.4. The fourth-order valence-corrected chi connectivity index (χ4v) is 8.18. The minimum absolute atomic E-state index is 0.0626. The summed E-state index contributed by atoms with van der Waals surface area (Å²) < 4.78 is 36.6. The Kier molecular flexibility index (Phi) is 8.12. The molecule has 1 saturated carbocycles. The number of pyridine rings is 1. The van der Waals surface area contributed by atoms with Crippen molar-refractivity contribution in [2.75, 3.05) is 29.5 Å². The summed E-state index contributed by atoms with van der Waals surface area (Å²) in [4.78, 5) is 19.8. The molecule has 5 rings (SSSR count). The van der Waals surface area contributed by atoms with Crippen LogP contribution in [-0.2, 0) is 14.5 Å². The predicted molar refractivity (Wildman–Crippen MR) is 161 cm³/mol. The molecule has 1 aromatic carbocycles. The Bertz CT molecular complexity index is 1610. The van der Waals surface area contributed by atoms with Gasteiger partial charge < -0.3 is 10.6 Å². The summed E-state index contributed by atoms with van der Waals surface area (Å²) in [6.45, 7) is 6.85. The van der Waals surface area contributed by atoms with Gasteiger partial charge in [-0.25, -0.2) is 18.3 Å². The number of hydrogen-bond acceptors (Lipinski definition) is 7. The second-order valence-electron chi connectivity index (χ2n) is 11.9. The van der Waals surface area contributed by atoms with E-state index in [0.717, 1.165) is 29.7 Å². The molecule has 9 nitrogen and oxygen atoms in total. The largest absolute Gasteiger partial charge is 0.370 e. The van der Waals surface area contributed by atoms with Crippen molar-refractivity contribution in [3.8, 4) is 23.0 Å².